The van der Waals surface area contributed by atoms with E-state index in [1.165, 1.54) is 37.7 Å². The lowest BCUT2D eigenvalue weighted by atomic mass is 9.87. The highest BCUT2D eigenvalue weighted by Gasteiger charge is 2.25. The molecule has 1 aliphatic heterocycles. The Labute approximate surface area is 121 Å². The fourth-order valence-electron chi connectivity index (χ4n) is 3.46. The van der Waals surface area contributed by atoms with E-state index in [-0.39, 0.29) is 0 Å². The molecule has 0 bridgehead atoms. The summed E-state index contributed by atoms with van der Waals surface area (Å²) in [5, 5.41) is 3.51. The molecule has 3 nitrogen and oxygen atoms in total. The minimum Gasteiger partial charge on any atom is -0.490 e. The Morgan fingerprint density at radius 1 is 0.950 bits per heavy atom. The van der Waals surface area contributed by atoms with Gasteiger partial charge in [-0.25, -0.2) is 0 Å². The summed E-state index contributed by atoms with van der Waals surface area (Å²) >= 11 is 0. The van der Waals surface area contributed by atoms with Gasteiger partial charge in [0, 0.05) is 12.5 Å². The van der Waals surface area contributed by atoms with E-state index >= 15 is 0 Å². The van der Waals surface area contributed by atoms with Crippen LogP contribution < -0.4 is 14.8 Å². The zero-order valence-electron chi connectivity index (χ0n) is 12.4. The van der Waals surface area contributed by atoms with Crippen molar-refractivity contribution in [2.45, 2.75) is 50.5 Å². The van der Waals surface area contributed by atoms with Gasteiger partial charge in [0.25, 0.3) is 0 Å². The predicted molar refractivity (Wildman–Crippen MR) is 80.7 cm³/mol. The molecule has 0 aromatic heterocycles. The zero-order chi connectivity index (χ0) is 13.8. The van der Waals surface area contributed by atoms with Crippen molar-refractivity contribution < 1.29 is 9.47 Å². The molecule has 110 valence electrons. The number of ether oxygens (including phenoxy) is 2. The summed E-state index contributed by atoms with van der Waals surface area (Å²) in [5.41, 5.74) is 1.40. The first-order valence-corrected chi connectivity index (χ1v) is 7.95. The first-order valence-electron chi connectivity index (χ1n) is 7.95. The molecular formula is C17H25NO2. The summed E-state index contributed by atoms with van der Waals surface area (Å²) in [5.74, 6) is 2.43. The molecule has 3 rings (SSSR count). The third-order valence-electron chi connectivity index (χ3n) is 4.59. The van der Waals surface area contributed by atoms with Crippen molar-refractivity contribution in [2.75, 3.05) is 20.3 Å². The van der Waals surface area contributed by atoms with Gasteiger partial charge in [0.1, 0.15) is 0 Å². The van der Waals surface area contributed by atoms with Crippen LogP contribution in [-0.2, 0) is 0 Å². The van der Waals surface area contributed by atoms with E-state index in [9.17, 15) is 0 Å². The van der Waals surface area contributed by atoms with Crippen LogP contribution in [0.4, 0.5) is 0 Å². The summed E-state index contributed by atoms with van der Waals surface area (Å²) in [6.07, 6.45) is 7.54. The van der Waals surface area contributed by atoms with Crippen LogP contribution in [0, 0.1) is 0 Å². The van der Waals surface area contributed by atoms with Gasteiger partial charge < -0.3 is 14.8 Å². The molecule has 0 amide bonds. The molecule has 1 N–H and O–H groups in total. The number of hydrogen-bond donors (Lipinski definition) is 1. The number of nitrogens with one attached hydrogen (secondary N) is 1. The van der Waals surface area contributed by atoms with Crippen molar-refractivity contribution in [2.24, 2.45) is 0 Å². The standard InChI is InChI=1S/C17H25NO2/c1-18-15-7-4-2-3-6-14(15)13-8-9-16-17(12-13)20-11-5-10-19-16/h8-9,12,14-15,18H,2-7,10-11H2,1H3. The van der Waals surface area contributed by atoms with Gasteiger partial charge >= 0.3 is 0 Å². The lowest BCUT2D eigenvalue weighted by Crippen LogP contribution is -2.31. The smallest absolute Gasteiger partial charge is 0.161 e. The summed E-state index contributed by atoms with van der Waals surface area (Å²) < 4.78 is 11.6. The molecule has 2 aliphatic rings. The molecule has 2 unspecified atom stereocenters. The van der Waals surface area contributed by atoms with Gasteiger partial charge in [0.2, 0.25) is 0 Å². The molecule has 0 spiro atoms. The van der Waals surface area contributed by atoms with Crippen LogP contribution in [-0.4, -0.2) is 26.3 Å². The van der Waals surface area contributed by atoms with Crippen LogP contribution in [0.3, 0.4) is 0 Å². The maximum atomic E-state index is 5.83. The summed E-state index contributed by atoms with van der Waals surface area (Å²) in [7, 11) is 2.09. The Hall–Kier alpha value is -1.22. The summed E-state index contributed by atoms with van der Waals surface area (Å²) in [4.78, 5) is 0. The Balaban J connectivity index is 1.86. The number of fused-ring (bicyclic) bond motifs is 1. The topological polar surface area (TPSA) is 30.5 Å². The van der Waals surface area contributed by atoms with E-state index in [0.717, 1.165) is 31.1 Å². The van der Waals surface area contributed by atoms with Gasteiger partial charge in [-0.2, -0.15) is 0 Å². The lowest BCUT2D eigenvalue weighted by molar-refractivity contribution is 0.297. The van der Waals surface area contributed by atoms with Crippen molar-refractivity contribution in [3.63, 3.8) is 0 Å². The molecule has 1 heterocycles. The molecular weight excluding hydrogens is 250 g/mol. The Morgan fingerprint density at radius 3 is 2.60 bits per heavy atom. The van der Waals surface area contributed by atoms with Gasteiger partial charge in [-0.1, -0.05) is 25.3 Å². The van der Waals surface area contributed by atoms with Crippen LogP contribution in [0.5, 0.6) is 11.5 Å². The fraction of sp³-hybridized carbons (Fsp3) is 0.647. The van der Waals surface area contributed by atoms with E-state index < -0.39 is 0 Å². The van der Waals surface area contributed by atoms with Gasteiger partial charge in [0.15, 0.2) is 11.5 Å². The van der Waals surface area contributed by atoms with Crippen molar-refractivity contribution in [1.82, 2.24) is 5.32 Å². The third-order valence-corrected chi connectivity index (χ3v) is 4.59. The van der Waals surface area contributed by atoms with Crippen molar-refractivity contribution in [1.29, 1.82) is 0 Å². The zero-order valence-corrected chi connectivity index (χ0v) is 12.4. The van der Waals surface area contributed by atoms with Crippen LogP contribution in [0.2, 0.25) is 0 Å². The normalized spacial score (nSPS) is 26.6. The number of rotatable bonds is 2. The van der Waals surface area contributed by atoms with Crippen LogP contribution in [0.15, 0.2) is 18.2 Å². The average molecular weight is 275 g/mol. The Kier molecular flexibility index (Phi) is 4.46. The third kappa shape index (κ3) is 2.93. The minimum absolute atomic E-state index is 0.585. The maximum Gasteiger partial charge on any atom is 0.161 e. The molecule has 1 aliphatic carbocycles. The van der Waals surface area contributed by atoms with E-state index in [4.69, 9.17) is 9.47 Å². The summed E-state index contributed by atoms with van der Waals surface area (Å²) in [6, 6.07) is 7.12. The van der Waals surface area contributed by atoms with Gasteiger partial charge in [-0.05, 0) is 43.5 Å². The highest BCUT2D eigenvalue weighted by atomic mass is 16.5. The number of likely N-dealkylation sites (N-methyl/N-ethyl adjacent to an activating group) is 1. The predicted octanol–water partition coefficient (Wildman–Crippen LogP) is 3.48. The SMILES string of the molecule is CNC1CCCCCC1c1ccc2c(c1)OCCCO2. The lowest BCUT2D eigenvalue weighted by Gasteiger charge is -2.25. The molecule has 20 heavy (non-hydrogen) atoms. The quantitative estimate of drug-likeness (QED) is 0.838. The second-order valence-electron chi connectivity index (χ2n) is 5.90. The molecule has 3 heteroatoms. The fourth-order valence-corrected chi connectivity index (χ4v) is 3.46. The van der Waals surface area contributed by atoms with E-state index in [1.807, 2.05) is 0 Å². The molecule has 1 fully saturated rings. The van der Waals surface area contributed by atoms with Crippen LogP contribution >= 0.6 is 0 Å². The average Bonchev–Trinajstić information content (AvgIpc) is 2.86. The maximum absolute atomic E-state index is 5.83. The molecule has 1 aromatic rings. The minimum atomic E-state index is 0.585. The van der Waals surface area contributed by atoms with Crippen molar-refractivity contribution in [3.05, 3.63) is 23.8 Å². The Morgan fingerprint density at radius 2 is 1.75 bits per heavy atom. The van der Waals surface area contributed by atoms with E-state index in [2.05, 4.69) is 30.6 Å². The van der Waals surface area contributed by atoms with Gasteiger partial charge in [0.05, 0.1) is 13.2 Å². The monoisotopic (exact) mass is 275 g/mol. The van der Waals surface area contributed by atoms with Gasteiger partial charge in [-0.15, -0.1) is 0 Å². The molecule has 1 aromatic carbocycles. The van der Waals surface area contributed by atoms with E-state index in [1.54, 1.807) is 0 Å². The van der Waals surface area contributed by atoms with Crippen LogP contribution in [0.25, 0.3) is 0 Å². The highest BCUT2D eigenvalue weighted by Crippen LogP contribution is 2.37. The second kappa shape index (κ2) is 6.49. The molecule has 0 radical (unpaired) electrons. The van der Waals surface area contributed by atoms with E-state index in [0.29, 0.717) is 12.0 Å². The van der Waals surface area contributed by atoms with Crippen LogP contribution in [0.1, 0.15) is 50.0 Å². The first kappa shape index (κ1) is 13.7. The number of benzene rings is 1. The van der Waals surface area contributed by atoms with Gasteiger partial charge in [-0.3, -0.25) is 0 Å². The largest absolute Gasteiger partial charge is 0.490 e. The number of hydrogen-bond acceptors (Lipinski definition) is 3. The van der Waals surface area contributed by atoms with Crippen molar-refractivity contribution >= 4 is 0 Å². The van der Waals surface area contributed by atoms with Crippen molar-refractivity contribution in [3.8, 4) is 11.5 Å². The molecule has 0 saturated heterocycles. The molecule has 1 saturated carbocycles. The first-order chi connectivity index (χ1) is 9.88. The second-order valence-corrected chi connectivity index (χ2v) is 5.90. The molecule has 2 atom stereocenters. The highest BCUT2D eigenvalue weighted by molar-refractivity contribution is 5.44. The summed E-state index contributed by atoms with van der Waals surface area (Å²) in [6.45, 7) is 1.52. The Bertz CT molecular complexity index is 447.